The number of thiocarbonyl (C=S) groups is 1. The van der Waals surface area contributed by atoms with Gasteiger partial charge in [0.15, 0.2) is 5.11 Å². The molecule has 0 radical (unpaired) electrons. The molecule has 0 amide bonds. The van der Waals surface area contributed by atoms with Crippen LogP contribution in [-0.2, 0) is 13.1 Å². The summed E-state index contributed by atoms with van der Waals surface area (Å²) in [6, 6.07) is 9.77. The lowest BCUT2D eigenvalue weighted by Crippen LogP contribution is -2.38. The molecule has 6 heteroatoms. The van der Waals surface area contributed by atoms with E-state index in [0.717, 1.165) is 27.8 Å². The Morgan fingerprint density at radius 2 is 2.08 bits per heavy atom. The maximum absolute atomic E-state index is 12.6. The average Bonchev–Trinajstić information content (AvgIpc) is 3.11. The van der Waals surface area contributed by atoms with Crippen molar-refractivity contribution < 1.29 is 4.42 Å². The number of hydrogen-bond acceptors (Lipinski definition) is 3. The van der Waals surface area contributed by atoms with Gasteiger partial charge in [0.2, 0.25) is 0 Å². The van der Waals surface area contributed by atoms with Gasteiger partial charge in [0.05, 0.1) is 24.9 Å². The Kier molecular flexibility index (Phi) is 4.90. The molecular weight excluding hydrogens is 334 g/mol. The molecule has 3 aromatic rings. The zero-order chi connectivity index (χ0) is 18.0. The molecule has 3 rings (SSSR count). The first-order valence-electron chi connectivity index (χ1n) is 8.10. The molecule has 130 valence electrons. The van der Waals surface area contributed by atoms with Gasteiger partial charge in [0.1, 0.15) is 5.76 Å². The van der Waals surface area contributed by atoms with Crippen molar-refractivity contribution in [2.45, 2.75) is 26.9 Å². The molecule has 0 unspecified atom stereocenters. The summed E-state index contributed by atoms with van der Waals surface area (Å²) in [5.74, 6) is 0.793. The lowest BCUT2D eigenvalue weighted by atomic mass is 10.0. The number of furan rings is 1. The van der Waals surface area contributed by atoms with Crippen LogP contribution in [0.3, 0.4) is 0 Å². The van der Waals surface area contributed by atoms with Crippen molar-refractivity contribution in [3.8, 4) is 0 Å². The summed E-state index contributed by atoms with van der Waals surface area (Å²) in [6.45, 7) is 4.96. The molecule has 0 saturated carbocycles. The zero-order valence-electron chi connectivity index (χ0n) is 14.6. The number of benzene rings is 1. The zero-order valence-corrected chi connectivity index (χ0v) is 15.4. The molecule has 2 N–H and O–H groups in total. The number of nitrogens with zero attached hydrogens (tertiary/aromatic N) is 1. The summed E-state index contributed by atoms with van der Waals surface area (Å²) in [6.07, 6.45) is 1.63. The van der Waals surface area contributed by atoms with E-state index in [-0.39, 0.29) is 5.56 Å². The fourth-order valence-electron chi connectivity index (χ4n) is 2.84. The summed E-state index contributed by atoms with van der Waals surface area (Å²) in [5, 5.41) is 4.56. The SMILES string of the molecule is CNC(=S)N(Cc1ccco1)Cc1cc2ccc(C)c(C)c2[nH]c1=O. The number of aryl methyl sites for hydroxylation is 2. The number of hydrogen-bond donors (Lipinski definition) is 2. The van der Waals surface area contributed by atoms with Gasteiger partial charge < -0.3 is 19.6 Å². The molecule has 5 nitrogen and oxygen atoms in total. The number of aromatic amines is 1. The van der Waals surface area contributed by atoms with E-state index in [2.05, 4.69) is 16.4 Å². The summed E-state index contributed by atoms with van der Waals surface area (Å²) >= 11 is 5.39. The Bertz CT molecular complexity index is 961. The number of H-pyrrole nitrogens is 1. The second kappa shape index (κ2) is 7.11. The average molecular weight is 355 g/mol. The highest BCUT2D eigenvalue weighted by atomic mass is 32.1. The van der Waals surface area contributed by atoms with E-state index in [1.165, 1.54) is 0 Å². The largest absolute Gasteiger partial charge is 0.467 e. The lowest BCUT2D eigenvalue weighted by Gasteiger charge is -2.23. The number of pyridine rings is 1. The Balaban J connectivity index is 1.96. The summed E-state index contributed by atoms with van der Waals surface area (Å²) < 4.78 is 5.41. The fourth-order valence-corrected chi connectivity index (χ4v) is 2.97. The molecule has 0 spiro atoms. The van der Waals surface area contributed by atoms with Gasteiger partial charge in [-0.25, -0.2) is 0 Å². The van der Waals surface area contributed by atoms with Crippen molar-refractivity contribution >= 4 is 28.2 Å². The first-order chi connectivity index (χ1) is 12.0. The van der Waals surface area contributed by atoms with Gasteiger partial charge in [0.25, 0.3) is 5.56 Å². The monoisotopic (exact) mass is 355 g/mol. The Morgan fingerprint density at radius 3 is 2.76 bits per heavy atom. The van der Waals surface area contributed by atoms with E-state index in [1.54, 1.807) is 13.3 Å². The number of nitrogens with one attached hydrogen (secondary N) is 2. The van der Waals surface area contributed by atoms with Gasteiger partial charge >= 0.3 is 0 Å². The summed E-state index contributed by atoms with van der Waals surface area (Å²) in [7, 11) is 1.77. The number of aromatic nitrogens is 1. The fraction of sp³-hybridized carbons (Fsp3) is 0.263. The van der Waals surface area contributed by atoms with Gasteiger partial charge in [-0.1, -0.05) is 12.1 Å². The van der Waals surface area contributed by atoms with Gasteiger partial charge in [-0.3, -0.25) is 4.79 Å². The maximum atomic E-state index is 12.6. The third-order valence-electron chi connectivity index (χ3n) is 4.42. The minimum Gasteiger partial charge on any atom is -0.467 e. The highest BCUT2D eigenvalue weighted by molar-refractivity contribution is 7.80. The normalized spacial score (nSPS) is 10.8. The second-order valence-corrected chi connectivity index (χ2v) is 6.47. The van der Waals surface area contributed by atoms with E-state index in [0.29, 0.717) is 23.8 Å². The molecule has 0 aliphatic carbocycles. The molecule has 0 atom stereocenters. The predicted molar refractivity (Wildman–Crippen MR) is 104 cm³/mol. The molecule has 0 saturated heterocycles. The number of fused-ring (bicyclic) bond motifs is 1. The minimum atomic E-state index is -0.0930. The number of rotatable bonds is 4. The first-order valence-corrected chi connectivity index (χ1v) is 8.51. The van der Waals surface area contributed by atoms with Gasteiger partial charge in [-0.05, 0) is 60.8 Å². The third kappa shape index (κ3) is 3.58. The predicted octanol–water partition coefficient (Wildman–Crippen LogP) is 3.24. The Morgan fingerprint density at radius 1 is 1.28 bits per heavy atom. The topological polar surface area (TPSA) is 61.3 Å². The second-order valence-electron chi connectivity index (χ2n) is 6.09. The van der Waals surface area contributed by atoms with E-state index < -0.39 is 0 Å². The molecule has 0 bridgehead atoms. The van der Waals surface area contributed by atoms with Crippen LogP contribution in [0.2, 0.25) is 0 Å². The molecular formula is C19H21N3O2S. The van der Waals surface area contributed by atoms with E-state index in [4.69, 9.17) is 16.6 Å². The van der Waals surface area contributed by atoms with E-state index in [1.807, 2.05) is 43.0 Å². The quantitative estimate of drug-likeness (QED) is 0.704. The van der Waals surface area contributed by atoms with Crippen molar-refractivity contribution in [2.24, 2.45) is 0 Å². The Hall–Kier alpha value is -2.60. The minimum absolute atomic E-state index is 0.0930. The van der Waals surface area contributed by atoms with Crippen LogP contribution < -0.4 is 10.9 Å². The van der Waals surface area contributed by atoms with Gasteiger partial charge in [-0.2, -0.15) is 0 Å². The molecule has 2 heterocycles. The van der Waals surface area contributed by atoms with Crippen LogP contribution in [0.1, 0.15) is 22.5 Å². The van der Waals surface area contributed by atoms with Gasteiger partial charge in [-0.15, -0.1) is 0 Å². The highest BCUT2D eigenvalue weighted by Gasteiger charge is 2.15. The molecule has 0 fully saturated rings. The van der Waals surface area contributed by atoms with Crippen LogP contribution in [0.15, 0.2) is 45.8 Å². The van der Waals surface area contributed by atoms with Crippen molar-refractivity contribution in [1.82, 2.24) is 15.2 Å². The van der Waals surface area contributed by atoms with Crippen LogP contribution in [0.25, 0.3) is 10.9 Å². The molecule has 0 aliphatic heterocycles. The smallest absolute Gasteiger partial charge is 0.253 e. The Labute approximate surface area is 151 Å². The highest BCUT2D eigenvalue weighted by Crippen LogP contribution is 2.19. The maximum Gasteiger partial charge on any atom is 0.253 e. The van der Waals surface area contributed by atoms with Gasteiger partial charge in [0, 0.05) is 12.6 Å². The third-order valence-corrected chi connectivity index (χ3v) is 4.88. The summed E-state index contributed by atoms with van der Waals surface area (Å²) in [4.78, 5) is 17.5. The standard InChI is InChI=1S/C19H21N3O2S/c1-12-6-7-14-9-15(18(23)21-17(14)13(12)2)10-22(19(25)20-3)11-16-5-4-8-24-16/h4-9H,10-11H2,1-3H3,(H,20,25)(H,21,23). The van der Waals surface area contributed by atoms with Crippen LogP contribution in [0.4, 0.5) is 0 Å². The lowest BCUT2D eigenvalue weighted by molar-refractivity contribution is 0.352. The first kappa shape index (κ1) is 17.2. The van der Waals surface area contributed by atoms with Crippen LogP contribution >= 0.6 is 12.2 Å². The van der Waals surface area contributed by atoms with Crippen LogP contribution in [0.5, 0.6) is 0 Å². The summed E-state index contributed by atoms with van der Waals surface area (Å²) in [5.41, 5.74) is 3.72. The van der Waals surface area contributed by atoms with Crippen LogP contribution in [0, 0.1) is 13.8 Å². The van der Waals surface area contributed by atoms with Crippen molar-refractivity contribution in [3.05, 3.63) is 69.4 Å². The molecule has 1 aromatic carbocycles. The van der Waals surface area contributed by atoms with Crippen molar-refractivity contribution in [2.75, 3.05) is 7.05 Å². The van der Waals surface area contributed by atoms with Crippen LogP contribution in [-0.4, -0.2) is 22.0 Å². The van der Waals surface area contributed by atoms with E-state index >= 15 is 0 Å². The van der Waals surface area contributed by atoms with Crippen molar-refractivity contribution in [3.63, 3.8) is 0 Å². The van der Waals surface area contributed by atoms with E-state index in [9.17, 15) is 4.79 Å². The molecule has 0 aliphatic rings. The molecule has 25 heavy (non-hydrogen) atoms. The van der Waals surface area contributed by atoms with Crippen molar-refractivity contribution in [1.29, 1.82) is 0 Å². The molecule has 2 aromatic heterocycles.